The second-order valence-corrected chi connectivity index (χ2v) is 5.72. The quantitative estimate of drug-likeness (QED) is 0.927. The fraction of sp³-hybridized carbons (Fsp3) is 0.333. The molecule has 1 heterocycles. The van der Waals surface area contributed by atoms with Crippen LogP contribution in [-0.4, -0.2) is 17.2 Å². The molecule has 1 aromatic heterocycles. The number of hydrogen-bond acceptors (Lipinski definition) is 3. The molecule has 5 heteroatoms. The second kappa shape index (κ2) is 6.41. The van der Waals surface area contributed by atoms with Crippen molar-refractivity contribution in [3.63, 3.8) is 0 Å². The van der Waals surface area contributed by atoms with E-state index in [0.29, 0.717) is 12.0 Å². The highest BCUT2D eigenvalue weighted by atomic mass is 79.9. The number of halogens is 2. The molecule has 20 heavy (non-hydrogen) atoms. The van der Waals surface area contributed by atoms with Crippen LogP contribution in [-0.2, 0) is 6.42 Å². The fourth-order valence-corrected chi connectivity index (χ4v) is 2.53. The molecule has 0 bridgehead atoms. The molecule has 0 spiro atoms. The molecule has 1 aromatic carbocycles. The topological polar surface area (TPSA) is 37.8 Å². The zero-order chi connectivity index (χ0) is 14.7. The Morgan fingerprint density at radius 1 is 1.25 bits per heavy atom. The largest absolute Gasteiger partial charge is 0.313 e. The highest BCUT2D eigenvalue weighted by molar-refractivity contribution is 9.10. The third-order valence-electron chi connectivity index (χ3n) is 3.30. The van der Waals surface area contributed by atoms with Gasteiger partial charge in [-0.2, -0.15) is 10.2 Å². The molecule has 2 rings (SSSR count). The molecule has 3 nitrogen and oxygen atoms in total. The van der Waals surface area contributed by atoms with Crippen LogP contribution in [0.4, 0.5) is 4.39 Å². The summed E-state index contributed by atoms with van der Waals surface area (Å²) in [7, 11) is 1.87. The summed E-state index contributed by atoms with van der Waals surface area (Å²) in [5.41, 5.74) is 3.47. The lowest BCUT2D eigenvalue weighted by atomic mass is 9.97. The molecule has 1 atom stereocenters. The predicted molar refractivity (Wildman–Crippen MR) is 81.1 cm³/mol. The number of likely N-dealkylation sites (N-methyl/N-ethyl adjacent to an activating group) is 1. The van der Waals surface area contributed by atoms with E-state index in [1.165, 1.54) is 6.07 Å². The first-order chi connectivity index (χ1) is 9.51. The smallest absolute Gasteiger partial charge is 0.127 e. The van der Waals surface area contributed by atoms with Gasteiger partial charge in [-0.3, -0.25) is 0 Å². The predicted octanol–water partition coefficient (Wildman–Crippen LogP) is 3.50. The van der Waals surface area contributed by atoms with Crippen molar-refractivity contribution in [3.05, 3.63) is 57.1 Å². The molecule has 0 saturated carbocycles. The molecule has 1 unspecified atom stereocenters. The molecular weight excluding hydrogens is 321 g/mol. The highest BCUT2D eigenvalue weighted by Gasteiger charge is 2.16. The van der Waals surface area contributed by atoms with Gasteiger partial charge in [0, 0.05) is 10.5 Å². The molecule has 106 valence electrons. The highest BCUT2D eigenvalue weighted by Crippen LogP contribution is 2.23. The number of aromatic nitrogens is 2. The van der Waals surface area contributed by atoms with Gasteiger partial charge in [0.15, 0.2) is 0 Å². The number of hydrogen-bond donors (Lipinski definition) is 1. The first-order valence-electron chi connectivity index (χ1n) is 6.43. The SMILES string of the molecule is CNC(Cc1ccc(Br)cc1F)c1cc(C)nnc1C. The number of nitrogens with one attached hydrogen (secondary N) is 1. The van der Waals surface area contributed by atoms with Crippen molar-refractivity contribution in [3.8, 4) is 0 Å². The minimum Gasteiger partial charge on any atom is -0.313 e. The average molecular weight is 338 g/mol. The van der Waals surface area contributed by atoms with Gasteiger partial charge in [-0.25, -0.2) is 4.39 Å². The van der Waals surface area contributed by atoms with Crippen LogP contribution in [0.15, 0.2) is 28.7 Å². The summed E-state index contributed by atoms with van der Waals surface area (Å²) in [6, 6.07) is 7.17. The monoisotopic (exact) mass is 337 g/mol. The van der Waals surface area contributed by atoms with Crippen LogP contribution < -0.4 is 5.32 Å². The molecule has 0 aliphatic carbocycles. The van der Waals surface area contributed by atoms with Gasteiger partial charge in [0.05, 0.1) is 11.4 Å². The van der Waals surface area contributed by atoms with Crippen LogP contribution in [0.3, 0.4) is 0 Å². The molecule has 0 fully saturated rings. The third-order valence-corrected chi connectivity index (χ3v) is 3.80. The van der Waals surface area contributed by atoms with E-state index in [4.69, 9.17) is 0 Å². The molecule has 0 radical (unpaired) electrons. The first kappa shape index (κ1) is 15.1. The standard InChI is InChI=1S/C15H17BrFN3/c1-9-6-13(10(2)20-19-9)15(18-3)7-11-4-5-12(16)8-14(11)17/h4-6,8,15,18H,7H2,1-3H3. The van der Waals surface area contributed by atoms with Crippen molar-refractivity contribution in [1.29, 1.82) is 0 Å². The summed E-state index contributed by atoms with van der Waals surface area (Å²) in [6.07, 6.45) is 0.571. The molecule has 0 aliphatic rings. The maximum absolute atomic E-state index is 14.0. The van der Waals surface area contributed by atoms with Crippen molar-refractivity contribution < 1.29 is 4.39 Å². The van der Waals surface area contributed by atoms with Crippen LogP contribution in [0.5, 0.6) is 0 Å². The van der Waals surface area contributed by atoms with Crippen LogP contribution in [0.25, 0.3) is 0 Å². The van der Waals surface area contributed by atoms with Crippen molar-refractivity contribution >= 4 is 15.9 Å². The van der Waals surface area contributed by atoms with E-state index in [0.717, 1.165) is 21.4 Å². The van der Waals surface area contributed by atoms with E-state index in [-0.39, 0.29) is 11.9 Å². The summed E-state index contributed by atoms with van der Waals surface area (Å²) in [6.45, 7) is 3.83. The van der Waals surface area contributed by atoms with Crippen LogP contribution >= 0.6 is 15.9 Å². The molecule has 0 aliphatic heterocycles. The lowest BCUT2D eigenvalue weighted by Gasteiger charge is -2.19. The number of rotatable bonds is 4. The van der Waals surface area contributed by atoms with Gasteiger partial charge in [-0.1, -0.05) is 22.0 Å². The van der Waals surface area contributed by atoms with Gasteiger partial charge < -0.3 is 5.32 Å². The van der Waals surface area contributed by atoms with E-state index < -0.39 is 0 Å². The Hall–Kier alpha value is -1.33. The van der Waals surface area contributed by atoms with E-state index in [9.17, 15) is 4.39 Å². The van der Waals surface area contributed by atoms with Gasteiger partial charge in [-0.05, 0) is 56.6 Å². The van der Waals surface area contributed by atoms with E-state index in [2.05, 4.69) is 31.4 Å². The minimum absolute atomic E-state index is 0.0138. The molecule has 1 N–H and O–H groups in total. The zero-order valence-corrected chi connectivity index (χ0v) is 13.3. The van der Waals surface area contributed by atoms with E-state index in [1.807, 2.05) is 33.0 Å². The van der Waals surface area contributed by atoms with Gasteiger partial charge >= 0.3 is 0 Å². The maximum atomic E-state index is 14.0. The Bertz CT molecular complexity index is 616. The Morgan fingerprint density at radius 3 is 2.65 bits per heavy atom. The number of nitrogens with zero attached hydrogens (tertiary/aromatic N) is 2. The lowest BCUT2D eigenvalue weighted by Crippen LogP contribution is -2.21. The lowest BCUT2D eigenvalue weighted by molar-refractivity contribution is 0.548. The average Bonchev–Trinajstić information content (AvgIpc) is 2.41. The molecular formula is C15H17BrFN3. The summed E-state index contributed by atoms with van der Waals surface area (Å²) >= 11 is 3.27. The van der Waals surface area contributed by atoms with Gasteiger partial charge in [0.25, 0.3) is 0 Å². The van der Waals surface area contributed by atoms with E-state index in [1.54, 1.807) is 6.07 Å². The molecule has 0 amide bonds. The number of aryl methyl sites for hydroxylation is 2. The first-order valence-corrected chi connectivity index (χ1v) is 7.22. The zero-order valence-electron chi connectivity index (χ0n) is 11.7. The Morgan fingerprint density at radius 2 is 2.00 bits per heavy atom. The van der Waals surface area contributed by atoms with E-state index >= 15 is 0 Å². The van der Waals surface area contributed by atoms with Crippen LogP contribution in [0.1, 0.15) is 28.6 Å². The van der Waals surface area contributed by atoms with Gasteiger partial charge in [0.2, 0.25) is 0 Å². The third kappa shape index (κ3) is 3.41. The summed E-state index contributed by atoms with van der Waals surface area (Å²) in [5.74, 6) is -0.198. The Kier molecular flexibility index (Phi) is 4.83. The van der Waals surface area contributed by atoms with Crippen molar-refractivity contribution in [1.82, 2.24) is 15.5 Å². The van der Waals surface area contributed by atoms with Crippen molar-refractivity contribution in [2.45, 2.75) is 26.3 Å². The fourth-order valence-electron chi connectivity index (χ4n) is 2.20. The van der Waals surface area contributed by atoms with Gasteiger partial charge in [0.1, 0.15) is 5.82 Å². The second-order valence-electron chi connectivity index (χ2n) is 4.81. The summed E-state index contributed by atoms with van der Waals surface area (Å²) in [5, 5.41) is 11.4. The molecule has 0 saturated heterocycles. The van der Waals surface area contributed by atoms with Gasteiger partial charge in [-0.15, -0.1) is 0 Å². The van der Waals surface area contributed by atoms with Crippen molar-refractivity contribution in [2.75, 3.05) is 7.05 Å². The van der Waals surface area contributed by atoms with Crippen LogP contribution in [0.2, 0.25) is 0 Å². The van der Waals surface area contributed by atoms with Crippen LogP contribution in [0, 0.1) is 19.7 Å². The molecule has 2 aromatic rings. The Labute approximate surface area is 126 Å². The summed E-state index contributed by atoms with van der Waals surface area (Å²) < 4.78 is 14.7. The maximum Gasteiger partial charge on any atom is 0.127 e. The van der Waals surface area contributed by atoms with Crippen molar-refractivity contribution in [2.24, 2.45) is 0 Å². The number of benzene rings is 1. The summed E-state index contributed by atoms with van der Waals surface area (Å²) in [4.78, 5) is 0. The minimum atomic E-state index is -0.198. The Balaban J connectivity index is 2.31. The normalized spacial score (nSPS) is 12.4.